The average Bonchev–Trinajstić information content (AvgIpc) is 3.11. The Labute approximate surface area is 155 Å². The van der Waals surface area contributed by atoms with Gasteiger partial charge in [-0.15, -0.1) is 0 Å². The van der Waals surface area contributed by atoms with Crippen LogP contribution in [0, 0.1) is 17.0 Å². The van der Waals surface area contributed by atoms with Crippen molar-refractivity contribution in [3.05, 3.63) is 82.1 Å². The minimum Gasteiger partial charge on any atom is -0.455 e. The van der Waals surface area contributed by atoms with Gasteiger partial charge in [0.1, 0.15) is 11.5 Å². The lowest BCUT2D eigenvalue weighted by Crippen LogP contribution is -2.18. The van der Waals surface area contributed by atoms with Crippen LogP contribution >= 0.6 is 0 Å². The molecule has 138 valence electrons. The lowest BCUT2D eigenvalue weighted by atomic mass is 10.1. The van der Waals surface area contributed by atoms with Gasteiger partial charge < -0.3 is 4.42 Å². The van der Waals surface area contributed by atoms with Crippen LogP contribution in [0.2, 0.25) is 0 Å². The highest BCUT2D eigenvalue weighted by molar-refractivity contribution is 7.89. The average molecular weight is 385 g/mol. The topological polar surface area (TPSA) is 115 Å². The predicted octanol–water partition coefficient (Wildman–Crippen LogP) is 3.48. The summed E-state index contributed by atoms with van der Waals surface area (Å²) in [6.45, 7) is 1.86. The van der Waals surface area contributed by atoms with Crippen LogP contribution in [0.5, 0.6) is 0 Å². The van der Waals surface area contributed by atoms with Crippen molar-refractivity contribution in [3.63, 3.8) is 0 Å². The molecular formula is C18H15N3O5S. The van der Waals surface area contributed by atoms with Gasteiger partial charge in [-0.1, -0.05) is 17.7 Å². The summed E-state index contributed by atoms with van der Waals surface area (Å²) in [5, 5.41) is 14.4. The lowest BCUT2D eigenvalue weighted by molar-refractivity contribution is -0.384. The molecule has 0 fully saturated rings. The Morgan fingerprint density at radius 3 is 2.33 bits per heavy atom. The third-order valence-electron chi connectivity index (χ3n) is 3.69. The number of hydrazone groups is 1. The maximum absolute atomic E-state index is 12.1. The van der Waals surface area contributed by atoms with Gasteiger partial charge in [-0.3, -0.25) is 10.1 Å². The molecule has 0 radical (unpaired) electrons. The second-order valence-electron chi connectivity index (χ2n) is 5.67. The summed E-state index contributed by atoms with van der Waals surface area (Å²) >= 11 is 0. The zero-order valence-corrected chi connectivity index (χ0v) is 15.0. The van der Waals surface area contributed by atoms with E-state index in [2.05, 4.69) is 9.93 Å². The number of aryl methyl sites for hydroxylation is 1. The summed E-state index contributed by atoms with van der Waals surface area (Å²) in [6, 6.07) is 15.5. The summed E-state index contributed by atoms with van der Waals surface area (Å²) in [5.74, 6) is 0.808. The molecule has 0 amide bonds. The molecule has 0 saturated heterocycles. The van der Waals surface area contributed by atoms with Crippen LogP contribution in [0.3, 0.4) is 0 Å². The molecule has 27 heavy (non-hydrogen) atoms. The van der Waals surface area contributed by atoms with Crippen LogP contribution in [0.15, 0.2) is 75.1 Å². The number of benzene rings is 2. The first-order valence-electron chi connectivity index (χ1n) is 7.81. The molecule has 0 aliphatic heterocycles. The van der Waals surface area contributed by atoms with Gasteiger partial charge in [0.15, 0.2) is 0 Å². The quantitative estimate of drug-likeness (QED) is 0.396. The van der Waals surface area contributed by atoms with Gasteiger partial charge in [0, 0.05) is 17.7 Å². The monoisotopic (exact) mass is 385 g/mol. The summed E-state index contributed by atoms with van der Waals surface area (Å²) in [7, 11) is -3.76. The minimum absolute atomic E-state index is 0.0161. The molecule has 0 spiro atoms. The van der Waals surface area contributed by atoms with E-state index in [0.29, 0.717) is 17.1 Å². The normalized spacial score (nSPS) is 11.6. The summed E-state index contributed by atoms with van der Waals surface area (Å²) < 4.78 is 29.8. The molecule has 0 aliphatic carbocycles. The Balaban J connectivity index is 1.70. The Kier molecular flexibility index (Phi) is 5.04. The number of nitrogens with one attached hydrogen (secondary N) is 1. The molecule has 1 heterocycles. The summed E-state index contributed by atoms with van der Waals surface area (Å²) in [5.41, 5.74) is 1.59. The molecule has 1 aromatic heterocycles. The maximum Gasteiger partial charge on any atom is 0.276 e. The number of non-ortho nitro benzene ring substituents is 1. The van der Waals surface area contributed by atoms with E-state index < -0.39 is 14.9 Å². The maximum atomic E-state index is 12.1. The highest BCUT2D eigenvalue weighted by Crippen LogP contribution is 2.24. The van der Waals surface area contributed by atoms with Crippen LogP contribution in [0.1, 0.15) is 11.3 Å². The van der Waals surface area contributed by atoms with E-state index in [-0.39, 0.29) is 10.6 Å². The van der Waals surface area contributed by atoms with E-state index in [4.69, 9.17) is 4.42 Å². The van der Waals surface area contributed by atoms with E-state index in [1.54, 1.807) is 36.4 Å². The van der Waals surface area contributed by atoms with Gasteiger partial charge in [0.25, 0.3) is 15.7 Å². The fourth-order valence-electron chi connectivity index (χ4n) is 2.25. The molecule has 0 saturated carbocycles. The minimum atomic E-state index is -3.76. The van der Waals surface area contributed by atoms with Crippen molar-refractivity contribution in [2.24, 2.45) is 5.10 Å². The number of furan rings is 1. The van der Waals surface area contributed by atoms with E-state index >= 15 is 0 Å². The van der Waals surface area contributed by atoms with Crippen LogP contribution < -0.4 is 4.83 Å². The lowest BCUT2D eigenvalue weighted by Gasteiger charge is -2.03. The smallest absolute Gasteiger partial charge is 0.276 e. The van der Waals surface area contributed by atoms with E-state index in [0.717, 1.165) is 5.56 Å². The van der Waals surface area contributed by atoms with E-state index in [9.17, 15) is 18.5 Å². The van der Waals surface area contributed by atoms with E-state index in [1.807, 2.05) is 6.92 Å². The Bertz CT molecular complexity index is 1080. The van der Waals surface area contributed by atoms with Crippen LogP contribution in [0.4, 0.5) is 5.69 Å². The number of hydrogen-bond donors (Lipinski definition) is 1. The Morgan fingerprint density at radius 2 is 1.70 bits per heavy atom. The van der Waals surface area contributed by atoms with Gasteiger partial charge in [0.05, 0.1) is 16.0 Å². The molecule has 8 nitrogen and oxygen atoms in total. The van der Waals surface area contributed by atoms with E-state index in [1.165, 1.54) is 30.5 Å². The standard InChI is InChI=1S/C18H15N3O5S/c1-13-2-9-17(10-3-13)27(24,25)20-19-12-16-8-11-18(26-16)14-4-6-15(7-5-14)21(22)23/h2-12,20H,1H3/b19-12-. The first-order valence-corrected chi connectivity index (χ1v) is 9.30. The highest BCUT2D eigenvalue weighted by atomic mass is 32.2. The van der Waals surface area contributed by atoms with Crippen molar-refractivity contribution in [2.45, 2.75) is 11.8 Å². The fraction of sp³-hybridized carbons (Fsp3) is 0.0556. The second-order valence-corrected chi connectivity index (χ2v) is 7.33. The fourth-order valence-corrected chi connectivity index (χ4v) is 3.05. The number of rotatable bonds is 6. The van der Waals surface area contributed by atoms with Crippen molar-refractivity contribution in [1.82, 2.24) is 4.83 Å². The van der Waals surface area contributed by atoms with Crippen molar-refractivity contribution in [3.8, 4) is 11.3 Å². The van der Waals surface area contributed by atoms with Gasteiger partial charge in [-0.05, 0) is 43.3 Å². The number of hydrogen-bond acceptors (Lipinski definition) is 6. The number of nitrogens with zero attached hydrogens (tertiary/aromatic N) is 2. The van der Waals surface area contributed by atoms with Crippen molar-refractivity contribution >= 4 is 21.9 Å². The third kappa shape index (κ3) is 4.39. The van der Waals surface area contributed by atoms with Crippen LogP contribution in [0.25, 0.3) is 11.3 Å². The van der Waals surface area contributed by atoms with Crippen molar-refractivity contribution < 1.29 is 17.8 Å². The van der Waals surface area contributed by atoms with Crippen molar-refractivity contribution in [1.29, 1.82) is 0 Å². The van der Waals surface area contributed by atoms with Gasteiger partial charge in [0.2, 0.25) is 0 Å². The van der Waals surface area contributed by atoms with Gasteiger partial charge in [-0.25, -0.2) is 0 Å². The second kappa shape index (κ2) is 7.42. The first kappa shape index (κ1) is 18.3. The Hall–Kier alpha value is -3.46. The molecule has 3 rings (SSSR count). The molecule has 2 aromatic carbocycles. The summed E-state index contributed by atoms with van der Waals surface area (Å²) in [4.78, 5) is 12.4. The molecule has 3 aromatic rings. The zero-order chi connectivity index (χ0) is 19.4. The molecule has 1 N–H and O–H groups in total. The third-order valence-corrected chi connectivity index (χ3v) is 4.92. The van der Waals surface area contributed by atoms with Gasteiger partial charge in [-0.2, -0.15) is 18.4 Å². The Morgan fingerprint density at radius 1 is 1.04 bits per heavy atom. The molecule has 9 heteroatoms. The van der Waals surface area contributed by atoms with Crippen LogP contribution in [-0.4, -0.2) is 19.6 Å². The van der Waals surface area contributed by atoms with Crippen molar-refractivity contribution in [2.75, 3.05) is 0 Å². The molecule has 0 bridgehead atoms. The number of nitro groups is 1. The summed E-state index contributed by atoms with van der Waals surface area (Å²) in [6.07, 6.45) is 1.24. The number of sulfonamides is 1. The molecule has 0 aliphatic rings. The predicted molar refractivity (Wildman–Crippen MR) is 99.9 cm³/mol. The van der Waals surface area contributed by atoms with Gasteiger partial charge >= 0.3 is 0 Å². The van der Waals surface area contributed by atoms with Crippen LogP contribution in [-0.2, 0) is 10.0 Å². The zero-order valence-electron chi connectivity index (χ0n) is 14.2. The highest BCUT2D eigenvalue weighted by Gasteiger charge is 2.12. The largest absolute Gasteiger partial charge is 0.455 e. The molecular weight excluding hydrogens is 370 g/mol. The number of nitro benzene ring substituents is 1. The SMILES string of the molecule is Cc1ccc(S(=O)(=O)N/N=C\c2ccc(-c3ccc([N+](=O)[O-])cc3)o2)cc1. The molecule has 0 atom stereocenters. The molecule has 0 unspecified atom stereocenters. The first-order chi connectivity index (χ1) is 12.8.